The van der Waals surface area contributed by atoms with E-state index in [0.29, 0.717) is 17.8 Å². The summed E-state index contributed by atoms with van der Waals surface area (Å²) in [6, 6.07) is 12.8. The molecule has 1 aliphatic carbocycles. The van der Waals surface area contributed by atoms with Crippen LogP contribution in [0.25, 0.3) is 0 Å². The molecule has 1 saturated carbocycles. The zero-order valence-corrected chi connectivity index (χ0v) is 16.3. The van der Waals surface area contributed by atoms with Gasteiger partial charge in [0.2, 0.25) is 5.91 Å². The zero-order valence-electron chi connectivity index (χ0n) is 15.5. The zero-order chi connectivity index (χ0) is 19.2. The van der Waals surface area contributed by atoms with E-state index in [1.54, 1.807) is 12.1 Å². The van der Waals surface area contributed by atoms with E-state index in [0.717, 1.165) is 31.2 Å². The van der Waals surface area contributed by atoms with E-state index in [1.165, 1.54) is 24.3 Å². The molecule has 2 aromatic rings. The fourth-order valence-corrected chi connectivity index (χ4v) is 3.31. The Morgan fingerprint density at radius 1 is 1.04 bits per heavy atom. The SMILES string of the molecule is Cl.NC1CCCC(C(=O)NCc2ccc(NC(=O)c3ccc(F)cc3)cc2)C1. The van der Waals surface area contributed by atoms with E-state index >= 15 is 0 Å². The third-order valence-corrected chi connectivity index (χ3v) is 4.87. The Balaban J connectivity index is 0.00000280. The van der Waals surface area contributed by atoms with Crippen LogP contribution in [0.5, 0.6) is 0 Å². The van der Waals surface area contributed by atoms with Crippen LogP contribution in [-0.4, -0.2) is 17.9 Å². The Hall–Kier alpha value is -2.44. The first-order valence-electron chi connectivity index (χ1n) is 9.20. The minimum atomic E-state index is -0.381. The van der Waals surface area contributed by atoms with Gasteiger partial charge in [0.15, 0.2) is 0 Å². The van der Waals surface area contributed by atoms with Gasteiger partial charge in [-0.1, -0.05) is 18.6 Å². The largest absolute Gasteiger partial charge is 0.352 e. The molecule has 28 heavy (non-hydrogen) atoms. The lowest BCUT2D eigenvalue weighted by Crippen LogP contribution is -2.37. The average molecular weight is 406 g/mol. The number of rotatable bonds is 5. The van der Waals surface area contributed by atoms with Gasteiger partial charge in [0, 0.05) is 29.8 Å². The molecule has 3 rings (SSSR count). The summed E-state index contributed by atoms with van der Waals surface area (Å²) >= 11 is 0. The summed E-state index contributed by atoms with van der Waals surface area (Å²) in [5, 5.41) is 5.73. The number of carbonyl (C=O) groups is 2. The van der Waals surface area contributed by atoms with Crippen LogP contribution >= 0.6 is 12.4 Å². The van der Waals surface area contributed by atoms with Crippen LogP contribution < -0.4 is 16.4 Å². The Morgan fingerprint density at radius 3 is 2.36 bits per heavy atom. The first-order chi connectivity index (χ1) is 13.0. The van der Waals surface area contributed by atoms with E-state index < -0.39 is 0 Å². The minimum absolute atomic E-state index is 0. The first kappa shape index (κ1) is 21.9. The summed E-state index contributed by atoms with van der Waals surface area (Å²) in [6.45, 7) is 0.441. The molecule has 0 saturated heterocycles. The lowest BCUT2D eigenvalue weighted by molar-refractivity contribution is -0.126. The number of amides is 2. The van der Waals surface area contributed by atoms with Gasteiger partial charge in [0.1, 0.15) is 5.82 Å². The highest BCUT2D eigenvalue weighted by molar-refractivity contribution is 6.04. The van der Waals surface area contributed by atoms with Crippen molar-refractivity contribution >= 4 is 29.9 Å². The molecule has 0 bridgehead atoms. The summed E-state index contributed by atoms with van der Waals surface area (Å²) in [5.41, 5.74) is 7.91. The van der Waals surface area contributed by atoms with Crippen molar-refractivity contribution in [3.8, 4) is 0 Å². The summed E-state index contributed by atoms with van der Waals surface area (Å²) in [5.74, 6) is -0.625. The molecule has 2 aromatic carbocycles. The normalized spacial score (nSPS) is 18.6. The van der Waals surface area contributed by atoms with Crippen LogP contribution in [0.1, 0.15) is 41.6 Å². The fourth-order valence-electron chi connectivity index (χ4n) is 3.31. The molecule has 7 heteroatoms. The number of nitrogens with two attached hydrogens (primary N) is 1. The van der Waals surface area contributed by atoms with Gasteiger partial charge >= 0.3 is 0 Å². The van der Waals surface area contributed by atoms with E-state index in [-0.39, 0.29) is 42.0 Å². The number of anilines is 1. The maximum absolute atomic E-state index is 12.9. The second-order valence-corrected chi connectivity index (χ2v) is 7.00. The van der Waals surface area contributed by atoms with Crippen molar-refractivity contribution in [3.05, 3.63) is 65.5 Å². The fraction of sp³-hybridized carbons (Fsp3) is 0.333. The minimum Gasteiger partial charge on any atom is -0.352 e. The number of benzene rings is 2. The molecular formula is C21H25ClFN3O2. The molecule has 2 amide bonds. The monoisotopic (exact) mass is 405 g/mol. The van der Waals surface area contributed by atoms with Crippen LogP contribution in [0.2, 0.25) is 0 Å². The standard InChI is InChI=1S/C21H24FN3O2.ClH/c22-17-8-6-15(7-9-17)21(27)25-19-10-4-14(5-11-19)13-24-20(26)16-2-1-3-18(23)12-16;/h4-11,16,18H,1-3,12-13,23H2,(H,24,26)(H,25,27);1H. The van der Waals surface area contributed by atoms with Crippen molar-refractivity contribution in [3.63, 3.8) is 0 Å². The summed E-state index contributed by atoms with van der Waals surface area (Å²) < 4.78 is 12.9. The predicted octanol–water partition coefficient (Wildman–Crippen LogP) is 3.63. The molecule has 2 atom stereocenters. The number of hydrogen-bond donors (Lipinski definition) is 3. The van der Waals surface area contributed by atoms with Crippen molar-refractivity contribution in [1.29, 1.82) is 0 Å². The smallest absolute Gasteiger partial charge is 0.255 e. The van der Waals surface area contributed by atoms with Crippen molar-refractivity contribution in [2.45, 2.75) is 38.3 Å². The van der Waals surface area contributed by atoms with E-state index in [4.69, 9.17) is 5.73 Å². The van der Waals surface area contributed by atoms with Crippen LogP contribution in [0.15, 0.2) is 48.5 Å². The molecular weight excluding hydrogens is 381 g/mol. The Morgan fingerprint density at radius 2 is 1.71 bits per heavy atom. The second-order valence-electron chi connectivity index (χ2n) is 7.00. The van der Waals surface area contributed by atoms with Crippen LogP contribution in [0.3, 0.4) is 0 Å². The maximum Gasteiger partial charge on any atom is 0.255 e. The molecule has 0 heterocycles. The summed E-state index contributed by atoms with van der Waals surface area (Å²) in [6.07, 6.45) is 3.64. The van der Waals surface area contributed by atoms with Crippen LogP contribution in [0.4, 0.5) is 10.1 Å². The quantitative estimate of drug-likeness (QED) is 0.710. The molecule has 0 aliphatic heterocycles. The third-order valence-electron chi connectivity index (χ3n) is 4.87. The van der Waals surface area contributed by atoms with Gasteiger partial charge < -0.3 is 16.4 Å². The molecule has 150 valence electrons. The van der Waals surface area contributed by atoms with E-state index in [2.05, 4.69) is 10.6 Å². The highest BCUT2D eigenvalue weighted by atomic mass is 35.5. The van der Waals surface area contributed by atoms with Gasteiger partial charge in [-0.05, 0) is 61.2 Å². The highest BCUT2D eigenvalue weighted by Crippen LogP contribution is 2.23. The molecule has 0 spiro atoms. The van der Waals surface area contributed by atoms with Crippen molar-refractivity contribution in [2.75, 3.05) is 5.32 Å². The van der Waals surface area contributed by atoms with Crippen LogP contribution in [-0.2, 0) is 11.3 Å². The lowest BCUT2D eigenvalue weighted by atomic mass is 9.85. The topological polar surface area (TPSA) is 84.2 Å². The highest BCUT2D eigenvalue weighted by Gasteiger charge is 2.24. The molecule has 0 aromatic heterocycles. The molecule has 1 fully saturated rings. The van der Waals surface area contributed by atoms with E-state index in [1.807, 2.05) is 12.1 Å². The molecule has 2 unspecified atom stereocenters. The Bertz CT molecular complexity index is 796. The number of hydrogen-bond acceptors (Lipinski definition) is 3. The molecule has 0 radical (unpaired) electrons. The Labute approximate surface area is 170 Å². The van der Waals surface area contributed by atoms with Crippen LogP contribution in [0, 0.1) is 11.7 Å². The molecule has 5 nitrogen and oxygen atoms in total. The van der Waals surface area contributed by atoms with Gasteiger partial charge in [-0.2, -0.15) is 0 Å². The average Bonchev–Trinajstić information content (AvgIpc) is 2.67. The van der Waals surface area contributed by atoms with Gasteiger partial charge in [-0.15, -0.1) is 12.4 Å². The second kappa shape index (κ2) is 10.2. The van der Waals surface area contributed by atoms with Crippen molar-refractivity contribution < 1.29 is 14.0 Å². The number of carbonyl (C=O) groups excluding carboxylic acids is 2. The first-order valence-corrected chi connectivity index (χ1v) is 9.20. The lowest BCUT2D eigenvalue weighted by Gasteiger charge is -2.25. The van der Waals surface area contributed by atoms with Gasteiger partial charge in [0.25, 0.3) is 5.91 Å². The number of halogens is 2. The molecule has 4 N–H and O–H groups in total. The van der Waals surface area contributed by atoms with Gasteiger partial charge in [-0.25, -0.2) is 4.39 Å². The van der Waals surface area contributed by atoms with Gasteiger partial charge in [-0.3, -0.25) is 9.59 Å². The van der Waals surface area contributed by atoms with Crippen molar-refractivity contribution in [1.82, 2.24) is 5.32 Å². The maximum atomic E-state index is 12.9. The van der Waals surface area contributed by atoms with E-state index in [9.17, 15) is 14.0 Å². The predicted molar refractivity (Wildman–Crippen MR) is 110 cm³/mol. The Kier molecular flexibility index (Phi) is 7.96. The third kappa shape index (κ3) is 6.04. The van der Waals surface area contributed by atoms with Gasteiger partial charge in [0.05, 0.1) is 0 Å². The summed E-state index contributed by atoms with van der Waals surface area (Å²) in [4.78, 5) is 24.4. The number of nitrogens with one attached hydrogen (secondary N) is 2. The van der Waals surface area contributed by atoms with Crippen molar-refractivity contribution in [2.24, 2.45) is 11.7 Å². The summed E-state index contributed by atoms with van der Waals surface area (Å²) in [7, 11) is 0. The molecule has 1 aliphatic rings.